The van der Waals surface area contributed by atoms with Gasteiger partial charge in [0.1, 0.15) is 0 Å². The molecular formula is C20H18N4OS. The Morgan fingerprint density at radius 3 is 2.73 bits per heavy atom. The van der Waals surface area contributed by atoms with E-state index in [1.165, 1.54) is 11.8 Å². The lowest BCUT2D eigenvalue weighted by Gasteiger charge is -2.09. The molecule has 0 fully saturated rings. The summed E-state index contributed by atoms with van der Waals surface area (Å²) in [6.07, 6.45) is 0.879. The van der Waals surface area contributed by atoms with Crippen LogP contribution in [0.4, 0.5) is 5.69 Å². The molecule has 0 saturated carbocycles. The van der Waals surface area contributed by atoms with Crippen LogP contribution in [0.2, 0.25) is 0 Å². The number of hydrogen-bond donors (Lipinski definition) is 1. The second kappa shape index (κ2) is 7.17. The van der Waals surface area contributed by atoms with E-state index < -0.39 is 0 Å². The fourth-order valence-corrected chi connectivity index (χ4v) is 3.72. The molecule has 0 unspecified atom stereocenters. The van der Waals surface area contributed by atoms with Crippen LogP contribution in [0.25, 0.3) is 16.6 Å². The van der Waals surface area contributed by atoms with Crippen molar-refractivity contribution < 1.29 is 4.79 Å². The number of amides is 1. The minimum Gasteiger partial charge on any atom is -0.325 e. The molecule has 0 radical (unpaired) electrons. The molecule has 130 valence electrons. The summed E-state index contributed by atoms with van der Waals surface area (Å²) >= 11 is 1.39. The Labute approximate surface area is 155 Å². The van der Waals surface area contributed by atoms with E-state index in [9.17, 15) is 4.79 Å². The molecule has 0 spiro atoms. The van der Waals surface area contributed by atoms with Crippen LogP contribution in [0.1, 0.15) is 12.5 Å². The van der Waals surface area contributed by atoms with Gasteiger partial charge in [-0.1, -0.05) is 55.1 Å². The van der Waals surface area contributed by atoms with Gasteiger partial charge < -0.3 is 5.32 Å². The topological polar surface area (TPSA) is 59.3 Å². The van der Waals surface area contributed by atoms with Crippen molar-refractivity contribution in [3.8, 4) is 0 Å². The highest BCUT2D eigenvalue weighted by molar-refractivity contribution is 7.99. The summed E-state index contributed by atoms with van der Waals surface area (Å²) in [6.45, 7) is 2.08. The highest BCUT2D eigenvalue weighted by Crippen LogP contribution is 2.23. The van der Waals surface area contributed by atoms with E-state index in [-0.39, 0.29) is 11.7 Å². The fraction of sp³-hybridized carbons (Fsp3) is 0.150. The highest BCUT2D eigenvalue weighted by Gasteiger charge is 2.12. The molecule has 0 bridgehead atoms. The van der Waals surface area contributed by atoms with Crippen LogP contribution in [0.5, 0.6) is 0 Å². The Hall–Kier alpha value is -2.86. The first-order valence-corrected chi connectivity index (χ1v) is 9.48. The third-order valence-electron chi connectivity index (χ3n) is 4.25. The number of hydrogen-bond acceptors (Lipinski definition) is 4. The number of fused-ring (bicyclic) bond motifs is 3. The minimum absolute atomic E-state index is 0.0483. The summed E-state index contributed by atoms with van der Waals surface area (Å²) in [7, 11) is 0. The molecule has 2 heterocycles. The largest absolute Gasteiger partial charge is 0.325 e. The molecule has 6 heteroatoms. The van der Waals surface area contributed by atoms with Gasteiger partial charge in [0.15, 0.2) is 10.8 Å². The van der Waals surface area contributed by atoms with E-state index in [0.29, 0.717) is 0 Å². The van der Waals surface area contributed by atoms with Gasteiger partial charge in [-0.3, -0.25) is 9.20 Å². The average molecular weight is 362 g/mol. The zero-order valence-electron chi connectivity index (χ0n) is 14.3. The standard InChI is InChI=1S/C20H18N4OS/c1-2-14-7-3-5-9-16(14)21-19(25)13-26-20-23-22-18-12-11-15-8-4-6-10-17(15)24(18)20/h3-12H,2,13H2,1H3,(H,21,25). The van der Waals surface area contributed by atoms with Crippen molar-refractivity contribution in [1.82, 2.24) is 14.6 Å². The van der Waals surface area contributed by atoms with Crippen LogP contribution in [-0.4, -0.2) is 26.3 Å². The number of aryl methyl sites for hydroxylation is 1. The second-order valence-electron chi connectivity index (χ2n) is 5.92. The number of pyridine rings is 1. The first-order valence-electron chi connectivity index (χ1n) is 8.49. The summed E-state index contributed by atoms with van der Waals surface area (Å²) < 4.78 is 1.99. The van der Waals surface area contributed by atoms with Crippen LogP contribution in [-0.2, 0) is 11.2 Å². The molecule has 0 saturated heterocycles. The van der Waals surface area contributed by atoms with Crippen molar-refractivity contribution in [3.05, 3.63) is 66.2 Å². The van der Waals surface area contributed by atoms with E-state index in [4.69, 9.17) is 0 Å². The first kappa shape index (κ1) is 16.6. The summed E-state index contributed by atoms with van der Waals surface area (Å²) in [4.78, 5) is 12.4. The number of aromatic nitrogens is 3. The Bertz CT molecular complexity index is 1090. The van der Waals surface area contributed by atoms with Crippen molar-refractivity contribution in [2.75, 3.05) is 11.1 Å². The SMILES string of the molecule is CCc1ccccc1NC(=O)CSc1nnc2ccc3ccccc3n12. The van der Waals surface area contributed by atoms with Crippen LogP contribution >= 0.6 is 11.8 Å². The van der Waals surface area contributed by atoms with Gasteiger partial charge in [0.25, 0.3) is 0 Å². The maximum atomic E-state index is 12.4. The van der Waals surface area contributed by atoms with Gasteiger partial charge in [-0.15, -0.1) is 10.2 Å². The number of thioether (sulfide) groups is 1. The van der Waals surface area contributed by atoms with E-state index in [1.807, 2.05) is 59.0 Å². The maximum Gasteiger partial charge on any atom is 0.234 e. The zero-order chi connectivity index (χ0) is 17.9. The van der Waals surface area contributed by atoms with Gasteiger partial charge in [-0.25, -0.2) is 0 Å². The number of benzene rings is 2. The van der Waals surface area contributed by atoms with Crippen molar-refractivity contribution in [1.29, 1.82) is 0 Å². The quantitative estimate of drug-likeness (QED) is 0.541. The molecule has 4 aromatic rings. The van der Waals surface area contributed by atoms with E-state index >= 15 is 0 Å². The molecule has 0 aliphatic carbocycles. The number of anilines is 1. The highest BCUT2D eigenvalue weighted by atomic mass is 32.2. The lowest BCUT2D eigenvalue weighted by Crippen LogP contribution is -2.15. The van der Waals surface area contributed by atoms with Crippen LogP contribution in [0, 0.1) is 0 Å². The maximum absolute atomic E-state index is 12.4. The number of para-hydroxylation sites is 2. The Morgan fingerprint density at radius 1 is 1.04 bits per heavy atom. The third-order valence-corrected chi connectivity index (χ3v) is 5.18. The number of nitrogens with one attached hydrogen (secondary N) is 1. The molecule has 26 heavy (non-hydrogen) atoms. The number of nitrogens with zero attached hydrogens (tertiary/aromatic N) is 3. The third kappa shape index (κ3) is 3.15. The van der Waals surface area contributed by atoms with E-state index in [0.717, 1.165) is 39.4 Å². The monoisotopic (exact) mass is 362 g/mol. The molecule has 1 N–H and O–H groups in total. The molecule has 0 atom stereocenters. The smallest absolute Gasteiger partial charge is 0.234 e. The van der Waals surface area contributed by atoms with Crippen molar-refractivity contribution in [3.63, 3.8) is 0 Å². The fourth-order valence-electron chi connectivity index (χ4n) is 2.97. The van der Waals surface area contributed by atoms with Gasteiger partial charge in [0.05, 0.1) is 11.3 Å². The predicted octanol–water partition coefficient (Wildman–Crippen LogP) is 4.18. The van der Waals surface area contributed by atoms with Crippen molar-refractivity contribution in [2.45, 2.75) is 18.5 Å². The van der Waals surface area contributed by atoms with E-state index in [1.54, 1.807) is 0 Å². The molecule has 0 aliphatic heterocycles. The normalized spacial score (nSPS) is 11.1. The Morgan fingerprint density at radius 2 is 1.85 bits per heavy atom. The summed E-state index contributed by atoms with van der Waals surface area (Å²) in [5.74, 6) is 0.232. The van der Waals surface area contributed by atoms with Gasteiger partial charge >= 0.3 is 0 Å². The molecule has 0 aliphatic rings. The molecule has 5 nitrogen and oxygen atoms in total. The van der Waals surface area contributed by atoms with Crippen molar-refractivity contribution >= 4 is 39.9 Å². The number of carbonyl (C=O) groups is 1. The number of rotatable bonds is 5. The van der Waals surface area contributed by atoms with Gasteiger partial charge in [0.2, 0.25) is 5.91 Å². The minimum atomic E-state index is -0.0483. The van der Waals surface area contributed by atoms with Crippen LogP contribution in [0.3, 0.4) is 0 Å². The molecule has 1 amide bonds. The van der Waals surface area contributed by atoms with Gasteiger partial charge in [0, 0.05) is 5.69 Å². The summed E-state index contributed by atoms with van der Waals surface area (Å²) in [5, 5.41) is 13.3. The first-order chi connectivity index (χ1) is 12.8. The molecule has 4 rings (SSSR count). The van der Waals surface area contributed by atoms with Crippen molar-refractivity contribution in [2.24, 2.45) is 0 Å². The predicted molar refractivity (Wildman–Crippen MR) is 106 cm³/mol. The van der Waals surface area contributed by atoms with Gasteiger partial charge in [-0.2, -0.15) is 0 Å². The lowest BCUT2D eigenvalue weighted by molar-refractivity contribution is -0.113. The second-order valence-corrected chi connectivity index (χ2v) is 6.86. The van der Waals surface area contributed by atoms with Crippen LogP contribution < -0.4 is 5.32 Å². The lowest BCUT2D eigenvalue weighted by atomic mass is 10.1. The average Bonchev–Trinajstić information content (AvgIpc) is 3.10. The zero-order valence-corrected chi connectivity index (χ0v) is 15.2. The van der Waals surface area contributed by atoms with Gasteiger partial charge in [-0.05, 0) is 41.6 Å². The Kier molecular flexibility index (Phi) is 4.58. The Balaban J connectivity index is 1.55. The summed E-state index contributed by atoms with van der Waals surface area (Å²) in [6, 6.07) is 19.9. The number of carbonyl (C=O) groups excluding carboxylic acids is 1. The molecular weight excluding hydrogens is 344 g/mol. The summed E-state index contributed by atoms with van der Waals surface area (Å²) in [5.41, 5.74) is 3.82. The molecule has 2 aromatic carbocycles. The molecule has 2 aromatic heterocycles. The van der Waals surface area contributed by atoms with Crippen LogP contribution in [0.15, 0.2) is 65.8 Å². The van der Waals surface area contributed by atoms with E-state index in [2.05, 4.69) is 28.5 Å².